The van der Waals surface area contributed by atoms with Crippen LogP contribution in [0.3, 0.4) is 0 Å². The van der Waals surface area contributed by atoms with E-state index in [1.807, 2.05) is 44.2 Å². The largest absolute Gasteiger partial charge is 0.496 e. The Hall–Kier alpha value is -3.55. The Morgan fingerprint density at radius 3 is 2.79 bits per heavy atom. The molecule has 1 aliphatic rings. The Morgan fingerprint density at radius 2 is 1.97 bits per heavy atom. The molecule has 38 heavy (non-hydrogen) atoms. The molecule has 0 saturated carbocycles. The zero-order valence-electron chi connectivity index (χ0n) is 22.0. The molecule has 2 heterocycles. The van der Waals surface area contributed by atoms with Crippen LogP contribution >= 0.6 is 11.3 Å². The highest BCUT2D eigenvalue weighted by Crippen LogP contribution is 2.34. The van der Waals surface area contributed by atoms with Crippen molar-refractivity contribution in [1.29, 1.82) is 0 Å². The second kappa shape index (κ2) is 11.5. The Balaban J connectivity index is 0.00000144. The first-order chi connectivity index (χ1) is 18.6. The number of halogens is 1. The first kappa shape index (κ1) is 26.1. The van der Waals surface area contributed by atoms with Gasteiger partial charge in [0.15, 0.2) is 0 Å². The van der Waals surface area contributed by atoms with Gasteiger partial charge in [-0.15, -0.1) is 11.3 Å². The van der Waals surface area contributed by atoms with Crippen molar-refractivity contribution in [2.75, 3.05) is 7.11 Å². The molecule has 0 spiro atoms. The van der Waals surface area contributed by atoms with Gasteiger partial charge in [0.2, 0.25) is 0 Å². The summed E-state index contributed by atoms with van der Waals surface area (Å²) in [6, 6.07) is 19.1. The molecule has 0 aliphatic heterocycles. The van der Waals surface area contributed by atoms with E-state index in [-0.39, 0.29) is 17.4 Å². The van der Waals surface area contributed by atoms with E-state index in [4.69, 9.17) is 4.74 Å². The summed E-state index contributed by atoms with van der Waals surface area (Å²) in [5.74, 6) is 0.550. The number of hydrogen-bond donors (Lipinski definition) is 1. The lowest BCUT2D eigenvalue weighted by atomic mass is 9.93. The van der Waals surface area contributed by atoms with Gasteiger partial charge in [-0.25, -0.2) is 9.37 Å². The molecule has 1 atom stereocenters. The van der Waals surface area contributed by atoms with Gasteiger partial charge in [-0.3, -0.25) is 9.36 Å². The minimum atomic E-state index is -0.215. The van der Waals surface area contributed by atoms with Crippen LogP contribution in [0.1, 0.15) is 41.8 Å². The predicted octanol–water partition coefficient (Wildman–Crippen LogP) is 6.48. The number of nitrogens with zero attached hydrogens (tertiary/aromatic N) is 2. The van der Waals surface area contributed by atoms with Gasteiger partial charge in [0.25, 0.3) is 5.56 Å². The Kier molecular flexibility index (Phi) is 7.86. The van der Waals surface area contributed by atoms with Crippen LogP contribution in [0.15, 0.2) is 71.8 Å². The molecule has 0 amide bonds. The summed E-state index contributed by atoms with van der Waals surface area (Å²) in [6.07, 6.45) is 4.27. The van der Waals surface area contributed by atoms with Gasteiger partial charge in [0, 0.05) is 23.0 Å². The lowest BCUT2D eigenvalue weighted by molar-refractivity contribution is 0.409. The SMILES string of the molecule is CC.COc1ccc2ccccc2c1Cn1cnc2sc3c(c2c1=O)CCC(NCc1cccc(F)c1)C3. The van der Waals surface area contributed by atoms with Crippen LogP contribution in [-0.4, -0.2) is 22.7 Å². The van der Waals surface area contributed by atoms with E-state index in [0.29, 0.717) is 13.1 Å². The monoisotopic (exact) mass is 529 g/mol. The van der Waals surface area contributed by atoms with E-state index in [0.717, 1.165) is 62.7 Å². The number of fused-ring (bicyclic) bond motifs is 4. The molecule has 1 unspecified atom stereocenters. The molecule has 1 aliphatic carbocycles. The minimum absolute atomic E-state index is 0.00124. The second-order valence-electron chi connectivity index (χ2n) is 9.28. The molecular weight excluding hydrogens is 497 g/mol. The molecule has 196 valence electrons. The van der Waals surface area contributed by atoms with Crippen molar-refractivity contribution in [1.82, 2.24) is 14.9 Å². The maximum Gasteiger partial charge on any atom is 0.262 e. The summed E-state index contributed by atoms with van der Waals surface area (Å²) in [6.45, 7) is 5.02. The minimum Gasteiger partial charge on any atom is -0.496 e. The van der Waals surface area contributed by atoms with E-state index in [1.165, 1.54) is 10.9 Å². The maximum atomic E-state index is 13.7. The van der Waals surface area contributed by atoms with E-state index >= 15 is 0 Å². The topological polar surface area (TPSA) is 56.2 Å². The average molecular weight is 530 g/mol. The van der Waals surface area contributed by atoms with Crippen LogP contribution in [-0.2, 0) is 25.9 Å². The third-order valence-electron chi connectivity index (χ3n) is 7.07. The van der Waals surface area contributed by atoms with E-state index in [9.17, 15) is 9.18 Å². The number of hydrogen-bond acceptors (Lipinski definition) is 5. The highest BCUT2D eigenvalue weighted by Gasteiger charge is 2.25. The fourth-order valence-electron chi connectivity index (χ4n) is 5.24. The van der Waals surface area contributed by atoms with Crippen molar-refractivity contribution in [3.8, 4) is 5.75 Å². The highest BCUT2D eigenvalue weighted by atomic mass is 32.1. The van der Waals surface area contributed by atoms with Crippen molar-refractivity contribution in [2.45, 2.75) is 52.2 Å². The lowest BCUT2D eigenvalue weighted by Gasteiger charge is -2.23. The number of aryl methyl sites for hydroxylation is 1. The quantitative estimate of drug-likeness (QED) is 0.274. The van der Waals surface area contributed by atoms with E-state index in [1.54, 1.807) is 41.5 Å². The molecule has 0 radical (unpaired) electrons. The Morgan fingerprint density at radius 1 is 1.13 bits per heavy atom. The normalized spacial score (nSPS) is 14.7. The van der Waals surface area contributed by atoms with Crippen molar-refractivity contribution in [3.63, 3.8) is 0 Å². The fraction of sp³-hybridized carbons (Fsp3) is 0.290. The molecule has 7 heteroatoms. The van der Waals surface area contributed by atoms with Gasteiger partial charge in [-0.1, -0.05) is 56.3 Å². The van der Waals surface area contributed by atoms with Crippen LogP contribution in [0.4, 0.5) is 4.39 Å². The van der Waals surface area contributed by atoms with Crippen LogP contribution in [0.25, 0.3) is 21.0 Å². The van der Waals surface area contributed by atoms with Gasteiger partial charge in [-0.2, -0.15) is 0 Å². The smallest absolute Gasteiger partial charge is 0.262 e. The van der Waals surface area contributed by atoms with Gasteiger partial charge >= 0.3 is 0 Å². The zero-order valence-corrected chi connectivity index (χ0v) is 22.8. The third kappa shape index (κ3) is 5.08. The maximum absolute atomic E-state index is 13.7. The van der Waals surface area contributed by atoms with Crippen LogP contribution in [0, 0.1) is 5.82 Å². The molecule has 2 aromatic heterocycles. The fourth-order valence-corrected chi connectivity index (χ4v) is 6.50. The first-order valence-corrected chi connectivity index (χ1v) is 13.9. The number of nitrogens with one attached hydrogen (secondary N) is 1. The molecular formula is C31H32FN3O2S. The van der Waals surface area contributed by atoms with Gasteiger partial charge < -0.3 is 10.1 Å². The van der Waals surface area contributed by atoms with Crippen molar-refractivity contribution < 1.29 is 9.13 Å². The molecule has 6 rings (SSSR count). The lowest BCUT2D eigenvalue weighted by Crippen LogP contribution is -2.33. The van der Waals surface area contributed by atoms with Crippen molar-refractivity contribution >= 4 is 32.3 Å². The highest BCUT2D eigenvalue weighted by molar-refractivity contribution is 7.18. The Bertz CT molecular complexity index is 1640. The predicted molar refractivity (Wildman–Crippen MR) is 154 cm³/mol. The number of thiophene rings is 1. The summed E-state index contributed by atoms with van der Waals surface area (Å²) >= 11 is 1.62. The molecule has 0 bridgehead atoms. The molecule has 3 aromatic carbocycles. The second-order valence-corrected chi connectivity index (χ2v) is 10.4. The molecule has 0 fully saturated rings. The summed E-state index contributed by atoms with van der Waals surface area (Å²) in [5, 5.41) is 6.50. The van der Waals surface area contributed by atoms with Gasteiger partial charge in [0.05, 0.1) is 25.4 Å². The Labute approximate surface area is 225 Å². The van der Waals surface area contributed by atoms with E-state index < -0.39 is 0 Å². The molecule has 0 saturated heterocycles. The van der Waals surface area contributed by atoms with Crippen LogP contribution in [0.5, 0.6) is 5.75 Å². The van der Waals surface area contributed by atoms with Crippen LogP contribution in [0.2, 0.25) is 0 Å². The molecule has 1 N–H and O–H groups in total. The first-order valence-electron chi connectivity index (χ1n) is 13.1. The standard InChI is InChI=1S/C29H26FN3O2S.C2H6/c1-35-25-12-9-19-6-2-3-8-22(19)24(25)16-33-17-32-28-27(29(33)34)23-11-10-21(14-26(23)36-28)31-15-18-5-4-7-20(30)13-18;1-2/h2-9,12-13,17,21,31H,10-11,14-16H2,1H3;1-2H3. The number of benzene rings is 3. The average Bonchev–Trinajstić information content (AvgIpc) is 3.33. The number of methoxy groups -OCH3 is 1. The summed E-state index contributed by atoms with van der Waals surface area (Å²) in [5.41, 5.74) is 3.05. The zero-order chi connectivity index (χ0) is 26.6. The van der Waals surface area contributed by atoms with Crippen molar-refractivity contribution in [3.05, 3.63) is 105 Å². The molecule has 5 nitrogen and oxygen atoms in total. The number of ether oxygens (including phenoxy) is 1. The number of aromatic nitrogens is 2. The molecule has 5 aromatic rings. The third-order valence-corrected chi connectivity index (χ3v) is 8.23. The van der Waals surface area contributed by atoms with E-state index in [2.05, 4.69) is 22.4 Å². The number of rotatable bonds is 6. The van der Waals surface area contributed by atoms with Gasteiger partial charge in [-0.05, 0) is 59.4 Å². The summed E-state index contributed by atoms with van der Waals surface area (Å²) in [4.78, 5) is 20.4. The van der Waals surface area contributed by atoms with Gasteiger partial charge in [0.1, 0.15) is 16.4 Å². The van der Waals surface area contributed by atoms with Crippen LogP contribution < -0.4 is 15.6 Å². The van der Waals surface area contributed by atoms with Crippen molar-refractivity contribution in [2.24, 2.45) is 0 Å². The summed E-state index contributed by atoms with van der Waals surface area (Å²) in [7, 11) is 1.66. The summed E-state index contributed by atoms with van der Waals surface area (Å²) < 4.78 is 20.8.